The third-order valence-electron chi connectivity index (χ3n) is 4.57. The van der Waals surface area contributed by atoms with Gasteiger partial charge in [0.1, 0.15) is 0 Å². The van der Waals surface area contributed by atoms with Crippen LogP contribution in [0, 0.1) is 0 Å². The van der Waals surface area contributed by atoms with Gasteiger partial charge in [0.05, 0.1) is 17.9 Å². The van der Waals surface area contributed by atoms with Crippen molar-refractivity contribution in [2.45, 2.75) is 69.0 Å². The summed E-state index contributed by atoms with van der Waals surface area (Å²) in [6.45, 7) is 9.77. The van der Waals surface area contributed by atoms with Crippen LogP contribution in [0.3, 0.4) is 0 Å². The fraction of sp³-hybridized carbons (Fsp3) is 0.579. The SMILES string of the molecule is C[C@@H](Sc1nnnn1C[C@@H]1CCCO1)C(=O)Nc1ccc(C(C)(C)C)cc1. The van der Waals surface area contributed by atoms with Crippen LogP contribution in [0.5, 0.6) is 0 Å². The van der Waals surface area contributed by atoms with E-state index in [1.165, 1.54) is 17.3 Å². The lowest BCUT2D eigenvalue weighted by Crippen LogP contribution is -2.24. The quantitative estimate of drug-likeness (QED) is 0.764. The highest BCUT2D eigenvalue weighted by Gasteiger charge is 2.22. The number of carbonyl (C=O) groups excluding carboxylic acids is 1. The monoisotopic (exact) mass is 389 g/mol. The summed E-state index contributed by atoms with van der Waals surface area (Å²) in [5.74, 6) is -0.0739. The molecule has 7 nitrogen and oxygen atoms in total. The number of rotatable bonds is 6. The zero-order valence-corrected chi connectivity index (χ0v) is 17.1. The van der Waals surface area contributed by atoms with Crippen LogP contribution in [0.4, 0.5) is 5.69 Å². The average molecular weight is 390 g/mol. The Bertz CT molecular complexity index is 763. The van der Waals surface area contributed by atoms with Gasteiger partial charge in [-0.1, -0.05) is 44.7 Å². The van der Waals surface area contributed by atoms with Crippen LogP contribution >= 0.6 is 11.8 Å². The van der Waals surface area contributed by atoms with Crippen LogP contribution in [0.2, 0.25) is 0 Å². The van der Waals surface area contributed by atoms with Gasteiger partial charge >= 0.3 is 0 Å². The lowest BCUT2D eigenvalue weighted by atomic mass is 9.87. The number of nitrogens with zero attached hydrogens (tertiary/aromatic N) is 4. The standard InChI is InChI=1S/C19H27N5O2S/c1-13(17(25)20-15-9-7-14(8-10-15)19(2,3)4)27-18-21-22-23-24(18)12-16-6-5-11-26-16/h7-10,13,16H,5-6,11-12H2,1-4H3,(H,20,25)/t13-,16+/m1/s1. The number of benzene rings is 1. The molecule has 1 N–H and O–H groups in total. The number of thioether (sulfide) groups is 1. The normalized spacial score (nSPS) is 18.4. The molecular formula is C19H27N5O2S. The first kappa shape index (κ1) is 19.8. The van der Waals surface area contributed by atoms with Gasteiger partial charge in [-0.2, -0.15) is 0 Å². The van der Waals surface area contributed by atoms with Gasteiger partial charge in [0.2, 0.25) is 11.1 Å². The van der Waals surface area contributed by atoms with Gasteiger partial charge in [-0.3, -0.25) is 4.79 Å². The molecule has 8 heteroatoms. The molecule has 3 rings (SSSR count). The highest BCUT2D eigenvalue weighted by molar-refractivity contribution is 8.00. The Morgan fingerprint density at radius 2 is 2.11 bits per heavy atom. The van der Waals surface area contributed by atoms with Crippen molar-refractivity contribution in [1.82, 2.24) is 20.2 Å². The van der Waals surface area contributed by atoms with E-state index in [1.54, 1.807) is 4.68 Å². The molecule has 27 heavy (non-hydrogen) atoms. The van der Waals surface area contributed by atoms with Crippen LogP contribution in [-0.4, -0.2) is 44.1 Å². The molecule has 0 bridgehead atoms. The van der Waals surface area contributed by atoms with Gasteiger partial charge < -0.3 is 10.1 Å². The smallest absolute Gasteiger partial charge is 0.237 e. The maximum atomic E-state index is 12.5. The zero-order valence-electron chi connectivity index (χ0n) is 16.3. The summed E-state index contributed by atoms with van der Waals surface area (Å²) in [6, 6.07) is 7.99. The molecule has 1 aliphatic rings. The molecule has 0 spiro atoms. The largest absolute Gasteiger partial charge is 0.376 e. The molecular weight excluding hydrogens is 362 g/mol. The fourth-order valence-electron chi connectivity index (χ4n) is 2.89. The van der Waals surface area contributed by atoms with E-state index in [4.69, 9.17) is 4.74 Å². The van der Waals surface area contributed by atoms with E-state index in [2.05, 4.69) is 53.7 Å². The number of hydrogen-bond acceptors (Lipinski definition) is 6. The fourth-order valence-corrected chi connectivity index (χ4v) is 3.68. The lowest BCUT2D eigenvalue weighted by Gasteiger charge is -2.19. The molecule has 0 unspecified atom stereocenters. The number of amides is 1. The maximum absolute atomic E-state index is 12.5. The lowest BCUT2D eigenvalue weighted by molar-refractivity contribution is -0.115. The van der Waals surface area contributed by atoms with Crippen LogP contribution in [0.25, 0.3) is 0 Å². The number of aromatic nitrogens is 4. The van der Waals surface area contributed by atoms with Gasteiger partial charge in [-0.15, -0.1) is 5.10 Å². The number of nitrogens with one attached hydrogen (secondary N) is 1. The Morgan fingerprint density at radius 3 is 2.74 bits per heavy atom. The second-order valence-corrected chi connectivity index (χ2v) is 9.16. The van der Waals surface area contributed by atoms with E-state index in [1.807, 2.05) is 19.1 Å². The average Bonchev–Trinajstić information content (AvgIpc) is 3.27. The minimum Gasteiger partial charge on any atom is -0.376 e. The first-order valence-electron chi connectivity index (χ1n) is 9.29. The highest BCUT2D eigenvalue weighted by atomic mass is 32.2. The number of ether oxygens (including phenoxy) is 1. The third-order valence-corrected chi connectivity index (χ3v) is 5.64. The molecule has 1 fully saturated rings. The molecule has 1 aromatic heterocycles. The van der Waals surface area contributed by atoms with Gasteiger partial charge in [-0.05, 0) is 53.3 Å². The molecule has 2 heterocycles. The maximum Gasteiger partial charge on any atom is 0.237 e. The Balaban J connectivity index is 1.57. The van der Waals surface area contributed by atoms with Gasteiger partial charge in [0.25, 0.3) is 0 Å². The minimum absolute atomic E-state index is 0.0739. The molecule has 1 aliphatic heterocycles. The summed E-state index contributed by atoms with van der Waals surface area (Å²) in [6.07, 6.45) is 2.24. The molecule has 2 aromatic rings. The number of anilines is 1. The zero-order chi connectivity index (χ0) is 19.4. The van der Waals surface area contributed by atoms with Gasteiger partial charge in [0, 0.05) is 12.3 Å². The molecule has 1 saturated heterocycles. The van der Waals surface area contributed by atoms with Crippen molar-refractivity contribution in [3.63, 3.8) is 0 Å². The summed E-state index contributed by atoms with van der Waals surface area (Å²) in [7, 11) is 0. The van der Waals surface area contributed by atoms with Crippen molar-refractivity contribution in [3.8, 4) is 0 Å². The number of carbonyl (C=O) groups is 1. The van der Waals surface area contributed by atoms with Crippen molar-refractivity contribution >= 4 is 23.4 Å². The Labute approximate surface area is 164 Å². The third kappa shape index (κ3) is 5.29. The van der Waals surface area contributed by atoms with E-state index < -0.39 is 0 Å². The van der Waals surface area contributed by atoms with Crippen molar-refractivity contribution in [2.24, 2.45) is 0 Å². The predicted octanol–water partition coefficient (Wildman–Crippen LogP) is 3.27. The van der Waals surface area contributed by atoms with E-state index in [9.17, 15) is 4.79 Å². The Morgan fingerprint density at radius 1 is 1.37 bits per heavy atom. The summed E-state index contributed by atoms with van der Waals surface area (Å²) in [5, 5.41) is 15.1. The van der Waals surface area contributed by atoms with E-state index in [0.717, 1.165) is 25.1 Å². The van der Waals surface area contributed by atoms with Crippen LogP contribution in [0.15, 0.2) is 29.4 Å². The van der Waals surface area contributed by atoms with Gasteiger partial charge in [0.15, 0.2) is 0 Å². The topological polar surface area (TPSA) is 81.9 Å². The van der Waals surface area contributed by atoms with Crippen molar-refractivity contribution in [3.05, 3.63) is 29.8 Å². The molecule has 1 amide bonds. The van der Waals surface area contributed by atoms with Crippen LogP contribution < -0.4 is 5.32 Å². The molecule has 146 valence electrons. The summed E-state index contributed by atoms with van der Waals surface area (Å²) in [5.41, 5.74) is 2.11. The predicted molar refractivity (Wildman–Crippen MR) is 106 cm³/mol. The molecule has 2 atom stereocenters. The second-order valence-electron chi connectivity index (χ2n) is 7.86. The first-order chi connectivity index (χ1) is 12.8. The molecule has 0 saturated carbocycles. The van der Waals surface area contributed by atoms with Crippen LogP contribution in [-0.2, 0) is 21.5 Å². The highest BCUT2D eigenvalue weighted by Crippen LogP contribution is 2.25. The van der Waals surface area contributed by atoms with Gasteiger partial charge in [-0.25, -0.2) is 4.68 Å². The van der Waals surface area contributed by atoms with Crippen molar-refractivity contribution in [2.75, 3.05) is 11.9 Å². The van der Waals surface area contributed by atoms with Crippen LogP contribution in [0.1, 0.15) is 46.1 Å². The summed E-state index contributed by atoms with van der Waals surface area (Å²) < 4.78 is 7.37. The Kier molecular flexibility index (Phi) is 6.16. The first-order valence-corrected chi connectivity index (χ1v) is 10.2. The molecule has 0 aliphatic carbocycles. The molecule has 0 radical (unpaired) electrons. The number of hydrogen-bond donors (Lipinski definition) is 1. The Hall–Kier alpha value is -1.93. The van der Waals surface area contributed by atoms with E-state index in [-0.39, 0.29) is 22.7 Å². The van der Waals surface area contributed by atoms with E-state index in [0.29, 0.717) is 11.7 Å². The minimum atomic E-state index is -0.318. The number of tetrazole rings is 1. The second kappa shape index (κ2) is 8.39. The van der Waals surface area contributed by atoms with E-state index >= 15 is 0 Å². The van der Waals surface area contributed by atoms with Crippen molar-refractivity contribution < 1.29 is 9.53 Å². The summed E-state index contributed by atoms with van der Waals surface area (Å²) >= 11 is 1.35. The van der Waals surface area contributed by atoms with Crippen molar-refractivity contribution in [1.29, 1.82) is 0 Å². The summed E-state index contributed by atoms with van der Waals surface area (Å²) in [4.78, 5) is 12.5. The molecule has 1 aromatic carbocycles.